The summed E-state index contributed by atoms with van der Waals surface area (Å²) in [5.74, 6) is 0. The second-order valence-electron chi connectivity index (χ2n) is 3.39. The summed E-state index contributed by atoms with van der Waals surface area (Å²) in [5, 5.41) is 3.25. The highest BCUT2D eigenvalue weighted by molar-refractivity contribution is 5.17. The molecule has 1 aromatic rings. The summed E-state index contributed by atoms with van der Waals surface area (Å²) in [4.78, 5) is 8.45. The van der Waals surface area contributed by atoms with Gasteiger partial charge in [0.15, 0.2) is 0 Å². The first-order valence-corrected chi connectivity index (χ1v) is 5.44. The predicted octanol–water partition coefficient (Wildman–Crippen LogP) is 1.68. The molecular weight excluding hydrogens is 190 g/mol. The van der Waals surface area contributed by atoms with E-state index in [0.29, 0.717) is 12.6 Å². The second-order valence-corrected chi connectivity index (χ2v) is 3.39. The summed E-state index contributed by atoms with van der Waals surface area (Å²) in [7, 11) is 0. The number of ether oxygens (including phenoxy) is 1. The molecule has 0 amide bonds. The molecule has 0 saturated heterocycles. The molecule has 1 N–H and O–H groups in total. The molecule has 1 aromatic heterocycles. The number of aromatic nitrogens is 2. The summed E-state index contributed by atoms with van der Waals surface area (Å²) in [6, 6.07) is 0.481. The molecule has 0 aromatic carbocycles. The highest BCUT2D eigenvalue weighted by Gasteiger charge is 2.03. The number of hydrogen-bond acceptors (Lipinski definition) is 4. The zero-order valence-corrected chi connectivity index (χ0v) is 9.71. The topological polar surface area (TPSA) is 47.0 Å². The molecule has 0 unspecified atom stereocenters. The molecule has 15 heavy (non-hydrogen) atoms. The van der Waals surface area contributed by atoms with Crippen LogP contribution in [-0.4, -0.2) is 23.1 Å². The highest BCUT2D eigenvalue weighted by Crippen LogP contribution is 2.08. The van der Waals surface area contributed by atoms with Gasteiger partial charge in [0.1, 0.15) is 0 Å². The van der Waals surface area contributed by atoms with Gasteiger partial charge in [0.05, 0.1) is 6.61 Å². The third-order valence-corrected chi connectivity index (χ3v) is 2.06. The number of nitrogens with one attached hydrogen (secondary N) is 1. The fourth-order valence-electron chi connectivity index (χ4n) is 1.17. The zero-order chi connectivity index (χ0) is 11.1. The van der Waals surface area contributed by atoms with Crippen molar-refractivity contribution in [3.05, 3.63) is 17.5 Å². The maximum Gasteiger partial charge on any atom is 0.316 e. The van der Waals surface area contributed by atoms with Crippen molar-refractivity contribution in [2.75, 3.05) is 13.2 Å². The molecule has 0 bridgehead atoms. The Labute approximate surface area is 91.1 Å². The van der Waals surface area contributed by atoms with E-state index < -0.39 is 0 Å². The minimum Gasteiger partial charge on any atom is -0.463 e. The van der Waals surface area contributed by atoms with Crippen LogP contribution in [0.15, 0.2) is 6.20 Å². The summed E-state index contributed by atoms with van der Waals surface area (Å²) >= 11 is 0. The van der Waals surface area contributed by atoms with Crippen molar-refractivity contribution < 1.29 is 4.74 Å². The molecule has 4 nitrogen and oxygen atoms in total. The number of hydrogen-bond donors (Lipinski definition) is 1. The lowest BCUT2D eigenvalue weighted by Crippen LogP contribution is -2.14. The first kappa shape index (κ1) is 11.9. The van der Waals surface area contributed by atoms with Crippen LogP contribution >= 0.6 is 0 Å². The Hall–Kier alpha value is -1.16. The molecule has 4 heteroatoms. The van der Waals surface area contributed by atoms with Crippen LogP contribution in [-0.2, 0) is 6.54 Å². The van der Waals surface area contributed by atoms with Crippen molar-refractivity contribution in [3.8, 4) is 6.01 Å². The SMILES string of the molecule is CCCOc1ncc(CNCC)c(C)n1. The Morgan fingerprint density at radius 2 is 2.20 bits per heavy atom. The van der Waals surface area contributed by atoms with Gasteiger partial charge in [-0.05, 0) is 19.9 Å². The van der Waals surface area contributed by atoms with E-state index in [1.807, 2.05) is 13.1 Å². The van der Waals surface area contributed by atoms with Crippen LogP contribution in [0.25, 0.3) is 0 Å². The molecule has 0 saturated carbocycles. The molecule has 1 heterocycles. The second kappa shape index (κ2) is 6.35. The van der Waals surface area contributed by atoms with Crippen LogP contribution in [0.3, 0.4) is 0 Å². The van der Waals surface area contributed by atoms with E-state index in [1.54, 1.807) is 0 Å². The molecule has 1 rings (SSSR count). The molecule has 0 atom stereocenters. The van der Waals surface area contributed by atoms with Gasteiger partial charge in [0.25, 0.3) is 0 Å². The summed E-state index contributed by atoms with van der Waals surface area (Å²) in [6.45, 7) is 8.56. The first-order chi connectivity index (χ1) is 7.27. The van der Waals surface area contributed by atoms with Gasteiger partial charge in [-0.15, -0.1) is 0 Å². The maximum absolute atomic E-state index is 5.35. The van der Waals surface area contributed by atoms with Crippen molar-refractivity contribution in [2.45, 2.75) is 33.7 Å². The number of nitrogens with zero attached hydrogens (tertiary/aromatic N) is 2. The van der Waals surface area contributed by atoms with Crippen molar-refractivity contribution in [3.63, 3.8) is 0 Å². The van der Waals surface area contributed by atoms with Crippen LogP contribution < -0.4 is 10.1 Å². The van der Waals surface area contributed by atoms with Crippen LogP contribution in [0.1, 0.15) is 31.5 Å². The average Bonchev–Trinajstić information content (AvgIpc) is 2.25. The van der Waals surface area contributed by atoms with Crippen molar-refractivity contribution in [1.82, 2.24) is 15.3 Å². The van der Waals surface area contributed by atoms with Crippen molar-refractivity contribution in [1.29, 1.82) is 0 Å². The van der Waals surface area contributed by atoms with Gasteiger partial charge in [-0.3, -0.25) is 0 Å². The molecule has 84 valence electrons. The minimum absolute atomic E-state index is 0.481. The fraction of sp³-hybridized carbons (Fsp3) is 0.636. The largest absolute Gasteiger partial charge is 0.463 e. The molecule has 0 radical (unpaired) electrons. The van der Waals surface area contributed by atoms with Gasteiger partial charge < -0.3 is 10.1 Å². The van der Waals surface area contributed by atoms with E-state index in [-0.39, 0.29) is 0 Å². The third-order valence-electron chi connectivity index (χ3n) is 2.06. The van der Waals surface area contributed by atoms with Crippen molar-refractivity contribution in [2.24, 2.45) is 0 Å². The monoisotopic (exact) mass is 209 g/mol. The highest BCUT2D eigenvalue weighted by atomic mass is 16.5. The lowest BCUT2D eigenvalue weighted by Gasteiger charge is -2.07. The van der Waals surface area contributed by atoms with Crippen LogP contribution in [0.4, 0.5) is 0 Å². The molecule has 0 aliphatic rings. The Morgan fingerprint density at radius 3 is 2.80 bits per heavy atom. The normalized spacial score (nSPS) is 10.3. The van der Waals surface area contributed by atoms with E-state index in [0.717, 1.165) is 30.8 Å². The minimum atomic E-state index is 0.481. The van der Waals surface area contributed by atoms with Crippen LogP contribution in [0.2, 0.25) is 0 Å². The quantitative estimate of drug-likeness (QED) is 0.774. The van der Waals surface area contributed by atoms with Gasteiger partial charge in [-0.25, -0.2) is 9.97 Å². The van der Waals surface area contributed by atoms with Crippen molar-refractivity contribution >= 4 is 0 Å². The maximum atomic E-state index is 5.35. The number of aryl methyl sites for hydroxylation is 1. The zero-order valence-electron chi connectivity index (χ0n) is 9.71. The van der Waals surface area contributed by atoms with Crippen LogP contribution in [0.5, 0.6) is 6.01 Å². The van der Waals surface area contributed by atoms with Gasteiger partial charge in [0, 0.05) is 24.0 Å². The van der Waals surface area contributed by atoms with E-state index >= 15 is 0 Å². The van der Waals surface area contributed by atoms with E-state index in [1.165, 1.54) is 0 Å². The van der Waals surface area contributed by atoms with E-state index in [9.17, 15) is 0 Å². The Kier molecular flexibility index (Phi) is 5.04. The Balaban J connectivity index is 2.61. The lowest BCUT2D eigenvalue weighted by atomic mass is 10.2. The summed E-state index contributed by atoms with van der Waals surface area (Å²) in [6.07, 6.45) is 2.80. The van der Waals surface area contributed by atoms with E-state index in [4.69, 9.17) is 4.74 Å². The Bertz CT molecular complexity index is 302. The predicted molar refractivity (Wildman–Crippen MR) is 59.9 cm³/mol. The molecular formula is C11H19N3O. The molecule has 0 aliphatic heterocycles. The molecule has 0 spiro atoms. The summed E-state index contributed by atoms with van der Waals surface area (Å²) in [5.41, 5.74) is 2.11. The molecule has 0 fully saturated rings. The third kappa shape index (κ3) is 3.83. The molecule has 0 aliphatic carbocycles. The summed E-state index contributed by atoms with van der Waals surface area (Å²) < 4.78 is 5.35. The van der Waals surface area contributed by atoms with Gasteiger partial charge in [-0.2, -0.15) is 0 Å². The lowest BCUT2D eigenvalue weighted by molar-refractivity contribution is 0.291. The first-order valence-electron chi connectivity index (χ1n) is 5.44. The Morgan fingerprint density at radius 1 is 1.40 bits per heavy atom. The van der Waals surface area contributed by atoms with Gasteiger partial charge in [-0.1, -0.05) is 13.8 Å². The van der Waals surface area contributed by atoms with Crippen LogP contribution in [0, 0.1) is 6.92 Å². The average molecular weight is 209 g/mol. The number of rotatable bonds is 6. The fourth-order valence-corrected chi connectivity index (χ4v) is 1.17. The standard InChI is InChI=1S/C11H19N3O/c1-4-6-15-11-13-8-10(7-12-5-2)9(3)14-11/h8,12H,4-7H2,1-3H3. The van der Waals surface area contributed by atoms with E-state index in [2.05, 4.69) is 29.1 Å². The smallest absolute Gasteiger partial charge is 0.316 e. The van der Waals surface area contributed by atoms with Gasteiger partial charge in [0.2, 0.25) is 0 Å². The van der Waals surface area contributed by atoms with Gasteiger partial charge >= 0.3 is 6.01 Å².